The number of rotatable bonds is 5. The topological polar surface area (TPSA) is 40.6 Å². The molecule has 0 unspecified atom stereocenters. The maximum Gasteiger partial charge on any atom is 0.282 e. The molecule has 1 aliphatic rings. The van der Waals surface area contributed by atoms with Crippen molar-refractivity contribution in [1.82, 2.24) is 4.90 Å². The van der Waals surface area contributed by atoms with Crippen molar-refractivity contribution in [3.63, 3.8) is 0 Å². The van der Waals surface area contributed by atoms with Gasteiger partial charge < -0.3 is 4.90 Å². The van der Waals surface area contributed by atoms with Gasteiger partial charge in [-0.2, -0.15) is 0 Å². The summed E-state index contributed by atoms with van der Waals surface area (Å²) in [5.41, 5.74) is 4.68. The van der Waals surface area contributed by atoms with Gasteiger partial charge in [-0.25, -0.2) is 9.29 Å². The SMILES string of the molecule is Cc1ccc(C2=C(N(C)Cc3ccccc3)C(=O)N(c3cccc(F)c3)C2=O)cc1C. The van der Waals surface area contributed by atoms with E-state index in [4.69, 9.17) is 0 Å². The van der Waals surface area contributed by atoms with E-state index in [1.807, 2.05) is 62.4 Å². The van der Waals surface area contributed by atoms with Gasteiger partial charge in [0.25, 0.3) is 11.8 Å². The summed E-state index contributed by atoms with van der Waals surface area (Å²) >= 11 is 0. The number of anilines is 1. The molecule has 156 valence electrons. The fraction of sp³-hybridized carbons (Fsp3) is 0.154. The van der Waals surface area contributed by atoms with Crippen LogP contribution in [-0.4, -0.2) is 23.8 Å². The van der Waals surface area contributed by atoms with Crippen LogP contribution in [0.1, 0.15) is 22.3 Å². The molecule has 0 spiro atoms. The third-order valence-electron chi connectivity index (χ3n) is 5.57. The fourth-order valence-corrected chi connectivity index (χ4v) is 3.82. The van der Waals surface area contributed by atoms with Gasteiger partial charge >= 0.3 is 0 Å². The van der Waals surface area contributed by atoms with E-state index in [9.17, 15) is 14.0 Å². The van der Waals surface area contributed by atoms with E-state index in [1.165, 1.54) is 18.2 Å². The maximum absolute atomic E-state index is 13.9. The van der Waals surface area contributed by atoms with Gasteiger partial charge in [0, 0.05) is 13.6 Å². The summed E-state index contributed by atoms with van der Waals surface area (Å²) in [6.45, 7) is 4.43. The quantitative estimate of drug-likeness (QED) is 0.560. The molecule has 1 heterocycles. The highest BCUT2D eigenvalue weighted by Crippen LogP contribution is 2.35. The van der Waals surface area contributed by atoms with Crippen molar-refractivity contribution >= 4 is 23.1 Å². The molecule has 31 heavy (non-hydrogen) atoms. The zero-order chi connectivity index (χ0) is 22.1. The van der Waals surface area contributed by atoms with Crippen molar-refractivity contribution in [3.05, 3.63) is 107 Å². The predicted octanol–water partition coefficient (Wildman–Crippen LogP) is 4.86. The molecule has 0 aromatic heterocycles. The number of halogens is 1. The van der Waals surface area contributed by atoms with Crippen LogP contribution in [0.25, 0.3) is 5.57 Å². The Morgan fingerprint density at radius 2 is 1.58 bits per heavy atom. The van der Waals surface area contributed by atoms with E-state index in [2.05, 4.69) is 0 Å². The number of amides is 2. The summed E-state index contributed by atoms with van der Waals surface area (Å²) in [5.74, 6) is -1.41. The van der Waals surface area contributed by atoms with E-state index in [0.29, 0.717) is 23.4 Å². The molecular formula is C26H23FN2O2. The Bertz CT molecular complexity index is 1200. The molecule has 0 saturated carbocycles. The molecule has 0 radical (unpaired) electrons. The van der Waals surface area contributed by atoms with Gasteiger partial charge in [-0.3, -0.25) is 9.59 Å². The zero-order valence-corrected chi connectivity index (χ0v) is 17.7. The van der Waals surface area contributed by atoms with Crippen LogP contribution < -0.4 is 4.90 Å². The molecule has 4 rings (SSSR count). The zero-order valence-electron chi connectivity index (χ0n) is 17.7. The summed E-state index contributed by atoms with van der Waals surface area (Å²) in [6, 6.07) is 21.0. The second-order valence-electron chi connectivity index (χ2n) is 7.79. The molecular weight excluding hydrogens is 391 g/mol. The van der Waals surface area contributed by atoms with E-state index < -0.39 is 17.6 Å². The van der Waals surface area contributed by atoms with Gasteiger partial charge in [-0.1, -0.05) is 54.6 Å². The van der Waals surface area contributed by atoms with Crippen LogP contribution in [0.2, 0.25) is 0 Å². The largest absolute Gasteiger partial charge is 0.365 e. The Balaban J connectivity index is 1.83. The molecule has 0 saturated heterocycles. The minimum Gasteiger partial charge on any atom is -0.365 e. The lowest BCUT2D eigenvalue weighted by molar-refractivity contribution is -0.120. The van der Waals surface area contributed by atoms with E-state index >= 15 is 0 Å². The highest BCUT2D eigenvalue weighted by molar-refractivity contribution is 6.45. The Morgan fingerprint density at radius 1 is 0.839 bits per heavy atom. The molecule has 0 bridgehead atoms. The lowest BCUT2D eigenvalue weighted by Gasteiger charge is -2.21. The molecule has 2 amide bonds. The molecule has 0 N–H and O–H groups in total. The number of benzene rings is 3. The van der Waals surface area contributed by atoms with Crippen molar-refractivity contribution in [3.8, 4) is 0 Å². The van der Waals surface area contributed by atoms with Crippen molar-refractivity contribution in [2.75, 3.05) is 11.9 Å². The van der Waals surface area contributed by atoms with E-state index in [0.717, 1.165) is 21.6 Å². The first-order chi connectivity index (χ1) is 14.9. The molecule has 5 heteroatoms. The molecule has 1 aliphatic heterocycles. The minimum atomic E-state index is -0.503. The molecule has 0 atom stereocenters. The van der Waals surface area contributed by atoms with Crippen molar-refractivity contribution in [2.24, 2.45) is 0 Å². The van der Waals surface area contributed by atoms with E-state index in [1.54, 1.807) is 18.0 Å². The number of likely N-dealkylation sites (N-methyl/N-ethyl adjacent to an activating group) is 1. The number of hydrogen-bond donors (Lipinski definition) is 0. The van der Waals surface area contributed by atoms with Crippen LogP contribution >= 0.6 is 0 Å². The summed E-state index contributed by atoms with van der Waals surface area (Å²) in [5, 5.41) is 0. The number of nitrogens with zero attached hydrogens (tertiary/aromatic N) is 2. The van der Waals surface area contributed by atoms with Crippen LogP contribution in [0.4, 0.5) is 10.1 Å². The molecule has 0 aliphatic carbocycles. The van der Waals surface area contributed by atoms with Crippen LogP contribution in [0, 0.1) is 19.7 Å². The highest BCUT2D eigenvalue weighted by atomic mass is 19.1. The van der Waals surface area contributed by atoms with Crippen LogP contribution in [0.5, 0.6) is 0 Å². The first-order valence-electron chi connectivity index (χ1n) is 10.1. The van der Waals surface area contributed by atoms with Crippen molar-refractivity contribution in [2.45, 2.75) is 20.4 Å². The third-order valence-corrected chi connectivity index (χ3v) is 5.57. The fourth-order valence-electron chi connectivity index (χ4n) is 3.82. The maximum atomic E-state index is 13.9. The molecule has 3 aromatic rings. The lowest BCUT2D eigenvalue weighted by Crippen LogP contribution is -2.34. The monoisotopic (exact) mass is 414 g/mol. The number of carbonyl (C=O) groups excluding carboxylic acids is 2. The van der Waals surface area contributed by atoms with Crippen LogP contribution in [-0.2, 0) is 16.1 Å². The standard InChI is InChI=1S/C26H23FN2O2/c1-17-12-13-20(14-18(17)2)23-24(28(3)16-19-8-5-4-6-9-19)26(31)29(25(23)30)22-11-7-10-21(27)15-22/h4-15H,16H2,1-3H3. The van der Waals surface area contributed by atoms with Gasteiger partial charge in [0.05, 0.1) is 11.3 Å². The van der Waals surface area contributed by atoms with Gasteiger partial charge in [0.15, 0.2) is 0 Å². The van der Waals surface area contributed by atoms with Gasteiger partial charge in [-0.05, 0) is 54.3 Å². The first-order valence-corrected chi connectivity index (χ1v) is 10.1. The minimum absolute atomic E-state index is 0.222. The molecule has 3 aromatic carbocycles. The summed E-state index contributed by atoms with van der Waals surface area (Å²) in [6.07, 6.45) is 0. The summed E-state index contributed by atoms with van der Waals surface area (Å²) in [7, 11) is 1.80. The second kappa shape index (κ2) is 8.19. The molecule has 4 nitrogen and oxygen atoms in total. The smallest absolute Gasteiger partial charge is 0.282 e. The number of aryl methyl sites for hydroxylation is 2. The van der Waals surface area contributed by atoms with E-state index in [-0.39, 0.29) is 5.69 Å². The first kappa shape index (κ1) is 20.5. The summed E-state index contributed by atoms with van der Waals surface area (Å²) < 4.78 is 13.9. The number of hydrogen-bond acceptors (Lipinski definition) is 3. The normalized spacial score (nSPS) is 13.9. The predicted molar refractivity (Wildman–Crippen MR) is 120 cm³/mol. The summed E-state index contributed by atoms with van der Waals surface area (Å²) in [4.78, 5) is 29.8. The Hall–Kier alpha value is -3.73. The Morgan fingerprint density at radius 3 is 2.26 bits per heavy atom. The number of carbonyl (C=O) groups is 2. The van der Waals surface area contributed by atoms with Crippen molar-refractivity contribution in [1.29, 1.82) is 0 Å². The van der Waals surface area contributed by atoms with Gasteiger partial charge in [0.1, 0.15) is 11.5 Å². The van der Waals surface area contributed by atoms with Crippen LogP contribution in [0.3, 0.4) is 0 Å². The third kappa shape index (κ3) is 3.87. The van der Waals surface area contributed by atoms with Crippen LogP contribution in [0.15, 0.2) is 78.5 Å². The second-order valence-corrected chi connectivity index (χ2v) is 7.79. The molecule has 0 fully saturated rings. The average Bonchev–Trinajstić information content (AvgIpc) is 3.01. The van der Waals surface area contributed by atoms with Crippen molar-refractivity contribution < 1.29 is 14.0 Å². The highest BCUT2D eigenvalue weighted by Gasteiger charge is 2.41. The lowest BCUT2D eigenvalue weighted by atomic mass is 9.99. The Labute approximate surface area is 181 Å². The van der Waals surface area contributed by atoms with Gasteiger partial charge in [-0.15, -0.1) is 0 Å². The average molecular weight is 414 g/mol. The number of imide groups is 1. The Kier molecular flexibility index (Phi) is 5.42. The van der Waals surface area contributed by atoms with Gasteiger partial charge in [0.2, 0.25) is 0 Å².